The maximum Gasteiger partial charge on any atom is 0.390 e. The molecule has 78 valence electrons. The Morgan fingerprint density at radius 1 is 1.46 bits per heavy atom. The van der Waals surface area contributed by atoms with Crippen molar-refractivity contribution < 1.29 is 13.2 Å². The van der Waals surface area contributed by atoms with E-state index in [1.165, 1.54) is 11.9 Å². The minimum atomic E-state index is -4.11. The van der Waals surface area contributed by atoms with E-state index in [9.17, 15) is 13.2 Å². The van der Waals surface area contributed by atoms with Crippen LogP contribution in [-0.4, -0.2) is 36.3 Å². The van der Waals surface area contributed by atoms with E-state index in [1.807, 2.05) is 6.92 Å². The molecule has 0 spiro atoms. The molecular formula is C7H13F3N2S. The van der Waals surface area contributed by atoms with Crippen LogP contribution in [0.15, 0.2) is 0 Å². The first-order chi connectivity index (χ1) is 5.87. The predicted molar refractivity (Wildman–Crippen MR) is 49.6 cm³/mol. The van der Waals surface area contributed by atoms with Crippen molar-refractivity contribution in [1.82, 2.24) is 10.2 Å². The Kier molecular flexibility index (Phi) is 5.05. The molecule has 0 aromatic rings. The Hall–Kier alpha value is -0.520. The highest BCUT2D eigenvalue weighted by Crippen LogP contribution is 2.19. The van der Waals surface area contributed by atoms with Crippen molar-refractivity contribution in [2.24, 2.45) is 0 Å². The van der Waals surface area contributed by atoms with Crippen LogP contribution in [0.5, 0.6) is 0 Å². The predicted octanol–water partition coefficient (Wildman–Crippen LogP) is 1.77. The van der Waals surface area contributed by atoms with E-state index >= 15 is 0 Å². The van der Waals surface area contributed by atoms with Gasteiger partial charge >= 0.3 is 6.18 Å². The number of nitrogens with one attached hydrogen (secondary N) is 1. The van der Waals surface area contributed by atoms with Crippen molar-refractivity contribution in [3.05, 3.63) is 0 Å². The second-order valence-corrected chi connectivity index (χ2v) is 3.01. The number of rotatable bonds is 3. The molecule has 0 saturated carbocycles. The van der Waals surface area contributed by atoms with Crippen LogP contribution in [0.25, 0.3) is 0 Å². The molecule has 0 amide bonds. The Morgan fingerprint density at radius 2 is 2.00 bits per heavy atom. The summed E-state index contributed by atoms with van der Waals surface area (Å²) in [4.78, 5) is 1.38. The fourth-order valence-electron chi connectivity index (χ4n) is 0.682. The Morgan fingerprint density at radius 3 is 2.38 bits per heavy atom. The Bertz CT molecular complexity index is 170. The fourth-order valence-corrected chi connectivity index (χ4v) is 0.918. The number of halogens is 3. The lowest BCUT2D eigenvalue weighted by Crippen LogP contribution is -2.38. The average Bonchev–Trinajstić information content (AvgIpc) is 1.99. The van der Waals surface area contributed by atoms with Crippen LogP contribution in [-0.2, 0) is 0 Å². The van der Waals surface area contributed by atoms with Crippen molar-refractivity contribution in [2.75, 3.05) is 20.1 Å². The van der Waals surface area contributed by atoms with Crippen molar-refractivity contribution in [1.29, 1.82) is 0 Å². The van der Waals surface area contributed by atoms with Gasteiger partial charge in [-0.25, -0.2) is 0 Å². The van der Waals surface area contributed by atoms with Crippen LogP contribution >= 0.6 is 12.2 Å². The number of nitrogens with zero attached hydrogens (tertiary/aromatic N) is 1. The normalized spacial score (nSPS) is 11.2. The number of hydrogen-bond donors (Lipinski definition) is 1. The summed E-state index contributed by atoms with van der Waals surface area (Å²) >= 11 is 4.81. The molecule has 0 unspecified atom stereocenters. The largest absolute Gasteiger partial charge is 0.390 e. The number of hydrogen-bond acceptors (Lipinski definition) is 1. The molecule has 0 fully saturated rings. The van der Waals surface area contributed by atoms with Gasteiger partial charge < -0.3 is 10.2 Å². The molecule has 0 aliphatic carbocycles. The second kappa shape index (κ2) is 5.26. The van der Waals surface area contributed by atoms with Gasteiger partial charge in [0.1, 0.15) is 0 Å². The summed E-state index contributed by atoms with van der Waals surface area (Å²) < 4.78 is 35.3. The highest BCUT2D eigenvalue weighted by molar-refractivity contribution is 7.80. The summed E-state index contributed by atoms with van der Waals surface area (Å²) in [6.45, 7) is 2.36. The van der Waals surface area contributed by atoms with Gasteiger partial charge in [0.05, 0.1) is 6.42 Å². The lowest BCUT2D eigenvalue weighted by Gasteiger charge is -2.20. The Balaban J connectivity index is 3.74. The van der Waals surface area contributed by atoms with Gasteiger partial charge in [0, 0.05) is 20.1 Å². The minimum absolute atomic E-state index is 0.102. The van der Waals surface area contributed by atoms with Gasteiger partial charge in [-0.15, -0.1) is 0 Å². The third kappa shape index (κ3) is 6.62. The first-order valence-corrected chi connectivity index (χ1v) is 4.33. The van der Waals surface area contributed by atoms with Crippen LogP contribution in [0.2, 0.25) is 0 Å². The van der Waals surface area contributed by atoms with Crippen molar-refractivity contribution in [3.8, 4) is 0 Å². The molecule has 0 aliphatic rings. The maximum atomic E-state index is 11.8. The first-order valence-electron chi connectivity index (χ1n) is 3.92. The average molecular weight is 214 g/mol. The molecule has 0 aromatic carbocycles. The molecular weight excluding hydrogens is 201 g/mol. The van der Waals surface area contributed by atoms with E-state index in [-0.39, 0.29) is 6.54 Å². The highest BCUT2D eigenvalue weighted by atomic mass is 32.1. The van der Waals surface area contributed by atoms with Crippen LogP contribution in [0, 0.1) is 0 Å². The molecule has 0 radical (unpaired) electrons. The molecule has 6 heteroatoms. The van der Waals surface area contributed by atoms with Crippen LogP contribution in [0.3, 0.4) is 0 Å². The molecule has 0 aromatic heterocycles. The zero-order chi connectivity index (χ0) is 10.5. The summed E-state index contributed by atoms with van der Waals surface area (Å²) in [5, 5.41) is 3.13. The standard InChI is InChI=1S/C7H13F3N2S/c1-3-11-6(13)12(2)5-4-7(8,9)10/h3-5H2,1-2H3,(H,11,13). The van der Waals surface area contributed by atoms with Gasteiger partial charge in [-0.1, -0.05) is 0 Å². The summed E-state index contributed by atoms with van der Waals surface area (Å²) in [5.74, 6) is 0. The van der Waals surface area contributed by atoms with E-state index in [0.717, 1.165) is 0 Å². The van der Waals surface area contributed by atoms with Crippen molar-refractivity contribution in [3.63, 3.8) is 0 Å². The summed E-state index contributed by atoms with van der Waals surface area (Å²) in [7, 11) is 1.54. The lowest BCUT2D eigenvalue weighted by molar-refractivity contribution is -0.135. The maximum absolute atomic E-state index is 11.8. The summed E-state index contributed by atoms with van der Waals surface area (Å²) in [6.07, 6.45) is -4.95. The third-order valence-electron chi connectivity index (χ3n) is 1.41. The topological polar surface area (TPSA) is 15.3 Å². The zero-order valence-electron chi connectivity index (χ0n) is 7.61. The van der Waals surface area contributed by atoms with E-state index in [4.69, 9.17) is 12.2 Å². The van der Waals surface area contributed by atoms with Gasteiger partial charge in [-0.2, -0.15) is 13.2 Å². The van der Waals surface area contributed by atoms with Crippen molar-refractivity contribution in [2.45, 2.75) is 19.5 Å². The minimum Gasteiger partial charge on any atom is -0.363 e. The van der Waals surface area contributed by atoms with Crippen LogP contribution in [0.4, 0.5) is 13.2 Å². The smallest absolute Gasteiger partial charge is 0.363 e. The highest BCUT2D eigenvalue weighted by Gasteiger charge is 2.27. The molecule has 0 saturated heterocycles. The SMILES string of the molecule is CCNC(=S)N(C)CCC(F)(F)F. The molecule has 0 rings (SSSR count). The van der Waals surface area contributed by atoms with Crippen LogP contribution < -0.4 is 5.32 Å². The molecule has 0 bridgehead atoms. The first kappa shape index (κ1) is 12.5. The number of thiocarbonyl (C=S) groups is 1. The van der Waals surface area contributed by atoms with E-state index in [1.54, 1.807) is 0 Å². The van der Waals surface area contributed by atoms with E-state index in [0.29, 0.717) is 11.7 Å². The van der Waals surface area contributed by atoms with Gasteiger partial charge in [-0.3, -0.25) is 0 Å². The van der Waals surface area contributed by atoms with E-state index < -0.39 is 12.6 Å². The fraction of sp³-hybridized carbons (Fsp3) is 0.857. The monoisotopic (exact) mass is 214 g/mol. The quantitative estimate of drug-likeness (QED) is 0.721. The van der Waals surface area contributed by atoms with Crippen LogP contribution in [0.1, 0.15) is 13.3 Å². The van der Waals surface area contributed by atoms with E-state index in [2.05, 4.69) is 5.32 Å². The van der Waals surface area contributed by atoms with Crippen molar-refractivity contribution >= 4 is 17.3 Å². The Labute approximate surface area is 81.1 Å². The molecule has 0 aliphatic heterocycles. The number of alkyl halides is 3. The molecule has 0 heterocycles. The molecule has 1 N–H and O–H groups in total. The van der Waals surface area contributed by atoms with Gasteiger partial charge in [0.2, 0.25) is 0 Å². The zero-order valence-corrected chi connectivity index (χ0v) is 8.43. The second-order valence-electron chi connectivity index (χ2n) is 2.62. The molecule has 2 nitrogen and oxygen atoms in total. The summed E-state index contributed by atoms with van der Waals surface area (Å²) in [6, 6.07) is 0. The molecule has 0 atom stereocenters. The van der Waals surface area contributed by atoms with Gasteiger partial charge in [-0.05, 0) is 19.1 Å². The molecule has 13 heavy (non-hydrogen) atoms. The lowest BCUT2D eigenvalue weighted by atomic mass is 10.4. The van der Waals surface area contributed by atoms with Gasteiger partial charge in [0.15, 0.2) is 5.11 Å². The van der Waals surface area contributed by atoms with Gasteiger partial charge in [0.25, 0.3) is 0 Å². The third-order valence-corrected chi connectivity index (χ3v) is 1.86. The summed E-state index contributed by atoms with van der Waals surface area (Å²) in [5.41, 5.74) is 0.